The SMILES string of the molecule is CCSCc1nc(-c2ccc(Cl)cc2Cl)no1. The third kappa shape index (κ3) is 3.15. The monoisotopic (exact) mass is 288 g/mol. The second kappa shape index (κ2) is 5.76. The summed E-state index contributed by atoms with van der Waals surface area (Å²) in [6, 6.07) is 5.20. The van der Waals surface area contributed by atoms with Gasteiger partial charge in [0.2, 0.25) is 11.7 Å². The fourth-order valence-electron chi connectivity index (χ4n) is 1.28. The van der Waals surface area contributed by atoms with Crippen molar-refractivity contribution in [1.82, 2.24) is 10.1 Å². The lowest BCUT2D eigenvalue weighted by Gasteiger charge is -1.98. The van der Waals surface area contributed by atoms with Gasteiger partial charge in [0.25, 0.3) is 0 Å². The van der Waals surface area contributed by atoms with Crippen molar-refractivity contribution in [3.63, 3.8) is 0 Å². The minimum Gasteiger partial charge on any atom is -0.338 e. The number of rotatable bonds is 4. The van der Waals surface area contributed by atoms with Crippen molar-refractivity contribution in [1.29, 1.82) is 0 Å². The average molecular weight is 289 g/mol. The maximum atomic E-state index is 6.07. The molecule has 0 fully saturated rings. The third-order valence-electron chi connectivity index (χ3n) is 2.07. The van der Waals surface area contributed by atoms with E-state index < -0.39 is 0 Å². The van der Waals surface area contributed by atoms with E-state index in [-0.39, 0.29) is 0 Å². The first-order chi connectivity index (χ1) is 8.20. The van der Waals surface area contributed by atoms with Gasteiger partial charge in [-0.2, -0.15) is 16.7 Å². The molecule has 0 atom stereocenters. The summed E-state index contributed by atoms with van der Waals surface area (Å²) in [6.07, 6.45) is 0. The summed E-state index contributed by atoms with van der Waals surface area (Å²) in [5.74, 6) is 2.84. The van der Waals surface area contributed by atoms with Crippen molar-refractivity contribution in [3.8, 4) is 11.4 Å². The zero-order valence-electron chi connectivity index (χ0n) is 9.11. The van der Waals surface area contributed by atoms with Gasteiger partial charge in [0.05, 0.1) is 10.8 Å². The first-order valence-corrected chi connectivity index (χ1v) is 6.97. The van der Waals surface area contributed by atoms with Crippen molar-refractivity contribution in [3.05, 3.63) is 34.1 Å². The highest BCUT2D eigenvalue weighted by Crippen LogP contribution is 2.28. The molecule has 3 nitrogen and oxygen atoms in total. The van der Waals surface area contributed by atoms with E-state index in [4.69, 9.17) is 27.7 Å². The molecule has 90 valence electrons. The lowest BCUT2D eigenvalue weighted by molar-refractivity contribution is 0.391. The Bertz CT molecular complexity index is 516. The molecule has 0 aliphatic carbocycles. The quantitative estimate of drug-likeness (QED) is 0.841. The third-order valence-corrected chi connectivity index (χ3v) is 3.48. The zero-order chi connectivity index (χ0) is 12.3. The van der Waals surface area contributed by atoms with Gasteiger partial charge in [0.1, 0.15) is 0 Å². The van der Waals surface area contributed by atoms with Crippen LogP contribution in [0.1, 0.15) is 12.8 Å². The number of hydrogen-bond donors (Lipinski definition) is 0. The maximum absolute atomic E-state index is 6.07. The number of halogens is 2. The summed E-state index contributed by atoms with van der Waals surface area (Å²) in [6.45, 7) is 2.08. The van der Waals surface area contributed by atoms with Gasteiger partial charge >= 0.3 is 0 Å². The molecule has 1 aromatic heterocycles. The second-order valence-corrected chi connectivity index (χ2v) is 5.39. The van der Waals surface area contributed by atoms with E-state index in [9.17, 15) is 0 Å². The van der Waals surface area contributed by atoms with Gasteiger partial charge in [-0.05, 0) is 24.0 Å². The number of hydrogen-bond acceptors (Lipinski definition) is 4. The molecule has 17 heavy (non-hydrogen) atoms. The molecule has 0 saturated carbocycles. The van der Waals surface area contributed by atoms with Gasteiger partial charge in [0.15, 0.2) is 0 Å². The highest BCUT2D eigenvalue weighted by Gasteiger charge is 2.11. The molecular formula is C11H10Cl2N2OS. The van der Waals surface area contributed by atoms with Gasteiger partial charge in [-0.3, -0.25) is 0 Å². The molecule has 0 amide bonds. The van der Waals surface area contributed by atoms with Crippen LogP contribution in [-0.2, 0) is 5.75 Å². The Hall–Kier alpha value is -0.710. The van der Waals surface area contributed by atoms with Gasteiger partial charge in [0, 0.05) is 10.6 Å². The molecule has 0 unspecified atom stereocenters. The maximum Gasteiger partial charge on any atom is 0.236 e. The van der Waals surface area contributed by atoms with E-state index in [1.807, 2.05) is 0 Å². The minimum atomic E-state index is 0.498. The van der Waals surface area contributed by atoms with Crippen LogP contribution in [0.2, 0.25) is 10.0 Å². The minimum absolute atomic E-state index is 0.498. The molecule has 0 saturated heterocycles. The van der Waals surface area contributed by atoms with Gasteiger partial charge in [-0.15, -0.1) is 0 Å². The van der Waals surface area contributed by atoms with Crippen LogP contribution in [0, 0.1) is 0 Å². The first-order valence-electron chi connectivity index (χ1n) is 5.06. The first kappa shape index (κ1) is 12.7. The van der Waals surface area contributed by atoms with Crippen LogP contribution in [0.15, 0.2) is 22.7 Å². The van der Waals surface area contributed by atoms with Crippen molar-refractivity contribution in [2.24, 2.45) is 0 Å². The Morgan fingerprint density at radius 1 is 1.35 bits per heavy atom. The van der Waals surface area contributed by atoms with E-state index in [0.717, 1.165) is 11.3 Å². The summed E-state index contributed by atoms with van der Waals surface area (Å²) in [5.41, 5.74) is 0.729. The number of aromatic nitrogens is 2. The van der Waals surface area contributed by atoms with Crippen molar-refractivity contribution in [2.75, 3.05) is 5.75 Å². The van der Waals surface area contributed by atoms with E-state index in [0.29, 0.717) is 27.5 Å². The van der Waals surface area contributed by atoms with E-state index in [1.54, 1.807) is 30.0 Å². The molecule has 0 aliphatic heterocycles. The lowest BCUT2D eigenvalue weighted by atomic mass is 10.2. The Morgan fingerprint density at radius 3 is 2.88 bits per heavy atom. The average Bonchev–Trinajstić information content (AvgIpc) is 2.75. The molecule has 0 bridgehead atoms. The van der Waals surface area contributed by atoms with Crippen LogP contribution in [0.3, 0.4) is 0 Å². The molecule has 0 spiro atoms. The Balaban J connectivity index is 2.24. The van der Waals surface area contributed by atoms with Crippen LogP contribution in [0.25, 0.3) is 11.4 Å². The lowest BCUT2D eigenvalue weighted by Crippen LogP contribution is -1.84. The van der Waals surface area contributed by atoms with E-state index in [2.05, 4.69) is 17.1 Å². The fraction of sp³-hybridized carbons (Fsp3) is 0.273. The molecule has 0 radical (unpaired) electrons. The summed E-state index contributed by atoms with van der Waals surface area (Å²) in [4.78, 5) is 4.28. The Morgan fingerprint density at radius 2 is 2.18 bits per heavy atom. The summed E-state index contributed by atoms with van der Waals surface area (Å²) < 4.78 is 5.13. The van der Waals surface area contributed by atoms with E-state index in [1.165, 1.54) is 0 Å². The largest absolute Gasteiger partial charge is 0.338 e. The van der Waals surface area contributed by atoms with Gasteiger partial charge in [-0.1, -0.05) is 35.3 Å². The molecule has 2 aromatic rings. The van der Waals surface area contributed by atoms with Gasteiger partial charge < -0.3 is 4.52 Å². The molecule has 1 aromatic carbocycles. The van der Waals surface area contributed by atoms with Crippen molar-refractivity contribution >= 4 is 35.0 Å². The predicted octanol–water partition coefficient (Wildman–Crippen LogP) is 4.30. The molecule has 0 aliphatic rings. The molecule has 2 rings (SSSR count). The fourth-order valence-corrected chi connectivity index (χ4v) is 2.27. The van der Waals surface area contributed by atoms with Gasteiger partial charge in [-0.25, -0.2) is 0 Å². The van der Waals surface area contributed by atoms with Crippen LogP contribution in [-0.4, -0.2) is 15.9 Å². The normalized spacial score (nSPS) is 10.8. The van der Waals surface area contributed by atoms with E-state index >= 15 is 0 Å². The number of thioether (sulfide) groups is 1. The highest BCUT2D eigenvalue weighted by atomic mass is 35.5. The second-order valence-electron chi connectivity index (χ2n) is 3.27. The predicted molar refractivity (Wildman–Crippen MR) is 71.6 cm³/mol. The highest BCUT2D eigenvalue weighted by molar-refractivity contribution is 7.98. The van der Waals surface area contributed by atoms with Crippen LogP contribution >= 0.6 is 35.0 Å². The standard InChI is InChI=1S/C11H10Cl2N2OS/c1-2-17-6-10-14-11(15-16-10)8-4-3-7(12)5-9(8)13/h3-5H,2,6H2,1H3. The van der Waals surface area contributed by atoms with Crippen molar-refractivity contribution < 1.29 is 4.52 Å². The smallest absolute Gasteiger partial charge is 0.236 e. The molecule has 6 heteroatoms. The van der Waals surface area contributed by atoms with Crippen LogP contribution in [0.5, 0.6) is 0 Å². The Kier molecular flexibility index (Phi) is 4.31. The molecular weight excluding hydrogens is 279 g/mol. The molecule has 1 heterocycles. The number of benzene rings is 1. The van der Waals surface area contributed by atoms with Crippen LogP contribution in [0.4, 0.5) is 0 Å². The van der Waals surface area contributed by atoms with Crippen LogP contribution < -0.4 is 0 Å². The summed E-state index contributed by atoms with van der Waals surface area (Å²) in [7, 11) is 0. The zero-order valence-corrected chi connectivity index (χ0v) is 11.4. The Labute approximate surface area is 113 Å². The summed E-state index contributed by atoms with van der Waals surface area (Å²) >= 11 is 13.6. The van der Waals surface area contributed by atoms with Crippen molar-refractivity contribution in [2.45, 2.75) is 12.7 Å². The number of nitrogens with zero attached hydrogens (tertiary/aromatic N) is 2. The topological polar surface area (TPSA) is 38.9 Å². The molecule has 0 N–H and O–H groups in total. The summed E-state index contributed by atoms with van der Waals surface area (Å²) in [5, 5.41) is 5.01.